The van der Waals surface area contributed by atoms with Gasteiger partial charge < -0.3 is 18.9 Å². The molecule has 1 aliphatic rings. The molecule has 1 aromatic heterocycles. The molecule has 0 saturated heterocycles. The van der Waals surface area contributed by atoms with Crippen LogP contribution in [0.5, 0.6) is 5.75 Å². The Morgan fingerprint density at radius 2 is 1.58 bits per heavy atom. The van der Waals surface area contributed by atoms with Crippen LogP contribution in [0.4, 0.5) is 0 Å². The topological polar surface area (TPSA) is 105 Å². The summed E-state index contributed by atoms with van der Waals surface area (Å²) in [6, 6.07) is 5.39. The molecule has 3 rings (SSSR count). The Bertz CT molecular complexity index is 1510. The van der Waals surface area contributed by atoms with E-state index < -0.39 is 17.2 Å². The van der Waals surface area contributed by atoms with Crippen molar-refractivity contribution in [1.29, 1.82) is 0 Å². The van der Waals surface area contributed by atoms with Crippen molar-refractivity contribution in [1.82, 2.24) is 0 Å². The molecule has 2 unspecified atom stereocenters. The lowest BCUT2D eigenvalue weighted by atomic mass is 9.93. The molecule has 0 spiro atoms. The Balaban J connectivity index is 0.00000345. The third-order valence-corrected chi connectivity index (χ3v) is 9.24. The van der Waals surface area contributed by atoms with Crippen molar-refractivity contribution >= 4 is 51.1 Å². The van der Waals surface area contributed by atoms with Gasteiger partial charge in [-0.1, -0.05) is 39.0 Å². The second-order valence-corrected chi connectivity index (χ2v) is 12.1. The molecule has 2 atom stereocenters. The maximum absolute atomic E-state index is 13.1. The highest BCUT2D eigenvalue weighted by molar-refractivity contribution is 7.16. The molecule has 0 bridgehead atoms. The van der Waals surface area contributed by atoms with Crippen molar-refractivity contribution in [3.05, 3.63) is 64.0 Å². The van der Waals surface area contributed by atoms with E-state index in [1.165, 1.54) is 0 Å². The van der Waals surface area contributed by atoms with Crippen LogP contribution in [0.25, 0.3) is 22.2 Å². The van der Waals surface area contributed by atoms with Crippen LogP contribution in [0.2, 0.25) is 0 Å². The lowest BCUT2D eigenvalue weighted by Gasteiger charge is -2.28. The summed E-state index contributed by atoms with van der Waals surface area (Å²) in [5.41, 5.74) is -1.92. The maximum atomic E-state index is 13.1. The van der Waals surface area contributed by atoms with Gasteiger partial charge in [0.05, 0.1) is 6.61 Å². The van der Waals surface area contributed by atoms with E-state index in [2.05, 4.69) is 25.8 Å². The fourth-order valence-corrected chi connectivity index (χ4v) is 5.86. The number of benzene rings is 1. The average molecular weight is 641 g/mol. The molecule has 0 radical (unpaired) electrons. The van der Waals surface area contributed by atoms with E-state index in [9.17, 15) is 19.2 Å². The highest BCUT2D eigenvalue weighted by Gasteiger charge is 2.33. The number of ether oxygens (including phenoxy) is 4. The van der Waals surface area contributed by atoms with Gasteiger partial charge in [-0.3, -0.25) is 14.4 Å². The van der Waals surface area contributed by atoms with Crippen molar-refractivity contribution in [3.63, 3.8) is 0 Å². The van der Waals surface area contributed by atoms with Crippen LogP contribution < -0.4 is 19.9 Å². The number of esters is 1. The minimum atomic E-state index is -0.994. The minimum absolute atomic E-state index is 0.00158. The summed E-state index contributed by atoms with van der Waals surface area (Å²) in [7, 11) is 0. The standard InChI is InChI=1S/C34H44O8S.C2H4/c1-6-31(37)39-20-21-42-33(4,7-2)29(35)16-10-9-13-19-41-34(5,8-3)30(36)23-40-24-17-18-28-26(22-24)32(38)25-14-11-12-15-27(25)43-28;1-2/h6,14-15,17-18,22H,1,7-13,16,19-21,23H2,2-5H3;1-2H2. The molecule has 246 valence electrons. The fraction of sp³-hybridized carbons (Fsp3) is 0.500. The van der Waals surface area contributed by atoms with Crippen molar-refractivity contribution in [3.8, 4) is 5.75 Å². The SMILES string of the molecule is C=C.C=CC(=O)OCCOC(C)(CC)C(=O)CCCCCOC(C)(CC)C(=O)COc1ccc2sc3c(c(=O)c2c1)=CCCC=3. The van der Waals surface area contributed by atoms with Gasteiger partial charge in [0.1, 0.15) is 30.2 Å². The Morgan fingerprint density at radius 3 is 2.27 bits per heavy atom. The van der Waals surface area contributed by atoms with Crippen molar-refractivity contribution in [2.45, 2.75) is 90.3 Å². The Morgan fingerprint density at radius 1 is 0.911 bits per heavy atom. The molecule has 0 fully saturated rings. The zero-order valence-corrected chi connectivity index (χ0v) is 28.1. The van der Waals surface area contributed by atoms with Crippen molar-refractivity contribution < 1.29 is 33.3 Å². The number of hydrogen-bond acceptors (Lipinski definition) is 9. The van der Waals surface area contributed by atoms with Gasteiger partial charge in [0.2, 0.25) is 5.78 Å². The van der Waals surface area contributed by atoms with Crippen LogP contribution in [0.1, 0.15) is 79.1 Å². The monoisotopic (exact) mass is 640 g/mol. The van der Waals surface area contributed by atoms with E-state index in [0.29, 0.717) is 49.8 Å². The average Bonchev–Trinajstić information content (AvgIpc) is 3.07. The Kier molecular flexibility index (Phi) is 15.6. The van der Waals surface area contributed by atoms with Gasteiger partial charge in [-0.2, -0.15) is 0 Å². The lowest BCUT2D eigenvalue weighted by molar-refractivity contribution is -0.149. The van der Waals surface area contributed by atoms with Gasteiger partial charge in [-0.25, -0.2) is 4.79 Å². The number of hydrogen-bond donors (Lipinski definition) is 0. The Labute approximate surface area is 270 Å². The number of carbonyl (C=O) groups excluding carboxylic acids is 3. The molecule has 8 nitrogen and oxygen atoms in total. The zero-order valence-electron chi connectivity index (χ0n) is 27.2. The summed E-state index contributed by atoms with van der Waals surface area (Å²) in [6.07, 6.45) is 10.5. The first-order chi connectivity index (χ1) is 21.6. The lowest BCUT2D eigenvalue weighted by Crippen LogP contribution is -2.41. The fourth-order valence-electron chi connectivity index (χ4n) is 4.74. The van der Waals surface area contributed by atoms with E-state index in [4.69, 9.17) is 18.9 Å². The molecule has 1 heterocycles. The van der Waals surface area contributed by atoms with Gasteiger partial charge in [0, 0.05) is 38.9 Å². The van der Waals surface area contributed by atoms with Crippen LogP contribution in [0.3, 0.4) is 0 Å². The highest BCUT2D eigenvalue weighted by atomic mass is 32.1. The van der Waals surface area contributed by atoms with Crippen LogP contribution in [0.15, 0.2) is 48.8 Å². The van der Waals surface area contributed by atoms with E-state index in [0.717, 1.165) is 39.8 Å². The number of fused-ring (bicyclic) bond motifs is 2. The molecular formula is C36H48O8S. The van der Waals surface area contributed by atoms with E-state index in [1.807, 2.05) is 26.0 Å². The molecule has 0 N–H and O–H groups in total. The van der Waals surface area contributed by atoms with Crippen molar-refractivity contribution in [2.75, 3.05) is 26.4 Å². The van der Waals surface area contributed by atoms with Gasteiger partial charge in [-0.05, 0) is 70.6 Å². The molecule has 9 heteroatoms. The van der Waals surface area contributed by atoms with Gasteiger partial charge in [0.15, 0.2) is 11.2 Å². The first-order valence-corrected chi connectivity index (χ1v) is 16.4. The smallest absolute Gasteiger partial charge is 0.330 e. The molecule has 45 heavy (non-hydrogen) atoms. The Hall–Kier alpha value is -3.40. The third kappa shape index (κ3) is 10.6. The molecule has 1 aromatic carbocycles. The molecule has 0 aliphatic heterocycles. The quantitative estimate of drug-likeness (QED) is 0.0847. The first-order valence-electron chi connectivity index (χ1n) is 15.6. The van der Waals surface area contributed by atoms with Gasteiger partial charge in [0.25, 0.3) is 0 Å². The number of unbranched alkanes of at least 4 members (excludes halogenated alkanes) is 2. The maximum Gasteiger partial charge on any atom is 0.330 e. The number of Topliss-reactive ketones (excluding diaryl/α,β-unsaturated/α-hetero) is 2. The zero-order chi connectivity index (χ0) is 33.5. The van der Waals surface area contributed by atoms with Crippen LogP contribution in [0, 0.1) is 0 Å². The van der Waals surface area contributed by atoms with Crippen molar-refractivity contribution in [2.24, 2.45) is 0 Å². The number of ketones is 2. The van der Waals surface area contributed by atoms with Crippen LogP contribution in [-0.4, -0.2) is 55.2 Å². The highest BCUT2D eigenvalue weighted by Crippen LogP contribution is 2.23. The largest absolute Gasteiger partial charge is 0.486 e. The van der Waals surface area contributed by atoms with E-state index in [1.54, 1.807) is 37.3 Å². The second kappa shape index (κ2) is 18.5. The number of rotatable bonds is 19. The predicted molar refractivity (Wildman–Crippen MR) is 181 cm³/mol. The first kappa shape index (κ1) is 37.8. The third-order valence-electron chi connectivity index (χ3n) is 8.05. The molecule has 1 aliphatic carbocycles. The molecule has 0 saturated carbocycles. The summed E-state index contributed by atoms with van der Waals surface area (Å²) in [6.45, 7) is 17.1. The summed E-state index contributed by atoms with van der Waals surface area (Å²) >= 11 is 1.60. The molecule has 0 amide bonds. The summed E-state index contributed by atoms with van der Waals surface area (Å²) < 4.78 is 24.4. The van der Waals surface area contributed by atoms with E-state index >= 15 is 0 Å². The second-order valence-electron chi connectivity index (χ2n) is 11.0. The van der Waals surface area contributed by atoms with Crippen LogP contribution in [-0.2, 0) is 28.6 Å². The normalized spacial score (nSPS) is 14.7. The minimum Gasteiger partial charge on any atom is -0.486 e. The van der Waals surface area contributed by atoms with Crippen LogP contribution >= 0.6 is 11.3 Å². The molecular weight excluding hydrogens is 592 g/mol. The molecule has 2 aromatic rings. The summed E-state index contributed by atoms with van der Waals surface area (Å²) in [4.78, 5) is 50.1. The predicted octanol–water partition coefficient (Wildman–Crippen LogP) is 5.60. The van der Waals surface area contributed by atoms with E-state index in [-0.39, 0.29) is 36.8 Å². The van der Waals surface area contributed by atoms with Gasteiger partial charge in [-0.15, -0.1) is 24.5 Å². The summed E-state index contributed by atoms with van der Waals surface area (Å²) in [5, 5.41) is 1.36. The van der Waals surface area contributed by atoms with Gasteiger partial charge >= 0.3 is 5.97 Å². The summed E-state index contributed by atoms with van der Waals surface area (Å²) in [5.74, 6) is -0.206. The number of carbonyl (C=O) groups is 3.